The lowest BCUT2D eigenvalue weighted by atomic mass is 10.1. The Morgan fingerprint density at radius 2 is 1.65 bits per heavy atom. The van der Waals surface area contributed by atoms with Gasteiger partial charge < -0.3 is 5.32 Å². The Morgan fingerprint density at radius 3 is 2.29 bits per heavy atom. The zero-order valence-corrected chi connectivity index (χ0v) is 10.6. The summed E-state index contributed by atoms with van der Waals surface area (Å²) in [6, 6.07) is 18.7. The van der Waals surface area contributed by atoms with Gasteiger partial charge in [0.05, 0.1) is 0 Å². The third kappa shape index (κ3) is 3.58. The first-order valence-corrected chi connectivity index (χ1v) is 6.16. The van der Waals surface area contributed by atoms with E-state index >= 15 is 0 Å². The SMILES string of the molecule is C[C@@H](NCc1ccccc1)c1ccc(Cl)cc1. The first-order valence-electron chi connectivity index (χ1n) is 5.78. The van der Waals surface area contributed by atoms with Gasteiger partial charge in [0, 0.05) is 17.6 Å². The summed E-state index contributed by atoms with van der Waals surface area (Å²) in [6.45, 7) is 3.04. The number of halogens is 1. The fourth-order valence-corrected chi connectivity index (χ4v) is 1.86. The van der Waals surface area contributed by atoms with Gasteiger partial charge in [-0.15, -0.1) is 0 Å². The maximum absolute atomic E-state index is 5.87. The second-order valence-electron chi connectivity index (χ2n) is 4.14. The molecule has 0 aliphatic carbocycles. The maximum atomic E-state index is 5.87. The number of hydrogen-bond donors (Lipinski definition) is 1. The second-order valence-corrected chi connectivity index (χ2v) is 4.58. The molecule has 0 spiro atoms. The predicted molar refractivity (Wildman–Crippen MR) is 73.1 cm³/mol. The molecule has 1 N–H and O–H groups in total. The molecule has 1 nitrogen and oxygen atoms in total. The van der Waals surface area contributed by atoms with Crippen LogP contribution in [-0.2, 0) is 6.54 Å². The lowest BCUT2D eigenvalue weighted by molar-refractivity contribution is 0.575. The molecule has 2 rings (SSSR count). The first kappa shape index (κ1) is 12.2. The minimum atomic E-state index is 0.326. The Bertz CT molecular complexity index is 450. The predicted octanol–water partition coefficient (Wildman–Crippen LogP) is 4.19. The summed E-state index contributed by atoms with van der Waals surface area (Å²) in [5, 5.41) is 4.27. The minimum absolute atomic E-state index is 0.326. The third-order valence-corrected chi connectivity index (χ3v) is 3.08. The van der Waals surface area contributed by atoms with E-state index in [0.29, 0.717) is 6.04 Å². The first-order chi connectivity index (χ1) is 8.25. The highest BCUT2D eigenvalue weighted by Gasteiger charge is 2.04. The van der Waals surface area contributed by atoms with Crippen LogP contribution in [0.25, 0.3) is 0 Å². The summed E-state index contributed by atoms with van der Waals surface area (Å²) in [4.78, 5) is 0. The van der Waals surface area contributed by atoms with Crippen molar-refractivity contribution in [3.05, 3.63) is 70.7 Å². The summed E-state index contributed by atoms with van der Waals surface area (Å²) in [6.07, 6.45) is 0. The number of nitrogens with one attached hydrogen (secondary N) is 1. The maximum Gasteiger partial charge on any atom is 0.0406 e. The van der Waals surface area contributed by atoms with Gasteiger partial charge in [0.15, 0.2) is 0 Å². The van der Waals surface area contributed by atoms with E-state index in [1.807, 2.05) is 18.2 Å². The molecule has 0 saturated heterocycles. The molecule has 0 unspecified atom stereocenters. The van der Waals surface area contributed by atoms with Gasteiger partial charge in [0.1, 0.15) is 0 Å². The van der Waals surface area contributed by atoms with Crippen LogP contribution in [0.1, 0.15) is 24.1 Å². The van der Waals surface area contributed by atoms with E-state index in [1.165, 1.54) is 11.1 Å². The van der Waals surface area contributed by atoms with Crippen LogP contribution in [0.2, 0.25) is 5.02 Å². The average Bonchev–Trinajstić information content (AvgIpc) is 2.38. The Morgan fingerprint density at radius 1 is 1.00 bits per heavy atom. The zero-order valence-electron chi connectivity index (χ0n) is 9.86. The molecule has 0 amide bonds. The van der Waals surface area contributed by atoms with Crippen LogP contribution in [0.5, 0.6) is 0 Å². The average molecular weight is 246 g/mol. The quantitative estimate of drug-likeness (QED) is 0.852. The normalized spacial score (nSPS) is 12.4. The molecule has 0 aliphatic heterocycles. The molecule has 17 heavy (non-hydrogen) atoms. The standard InChI is InChI=1S/C15H16ClN/c1-12(14-7-9-15(16)10-8-14)17-11-13-5-3-2-4-6-13/h2-10,12,17H,11H2,1H3/t12-/m1/s1. The van der Waals surface area contributed by atoms with E-state index in [-0.39, 0.29) is 0 Å². The van der Waals surface area contributed by atoms with Crippen LogP contribution in [0.15, 0.2) is 54.6 Å². The fraction of sp³-hybridized carbons (Fsp3) is 0.200. The molecule has 0 fully saturated rings. The molecular weight excluding hydrogens is 230 g/mol. The molecule has 0 radical (unpaired) electrons. The summed E-state index contributed by atoms with van der Waals surface area (Å²) < 4.78 is 0. The highest BCUT2D eigenvalue weighted by atomic mass is 35.5. The molecule has 2 aromatic carbocycles. The van der Waals surface area contributed by atoms with Gasteiger partial charge in [-0.25, -0.2) is 0 Å². The smallest absolute Gasteiger partial charge is 0.0406 e. The third-order valence-electron chi connectivity index (χ3n) is 2.83. The van der Waals surface area contributed by atoms with Crippen LogP contribution in [0, 0.1) is 0 Å². The Kier molecular flexibility index (Phi) is 4.18. The lowest BCUT2D eigenvalue weighted by Gasteiger charge is -2.14. The minimum Gasteiger partial charge on any atom is -0.306 e. The fourth-order valence-electron chi connectivity index (χ4n) is 1.74. The molecular formula is C15H16ClN. The van der Waals surface area contributed by atoms with Gasteiger partial charge in [0.2, 0.25) is 0 Å². The van der Waals surface area contributed by atoms with Gasteiger partial charge in [-0.3, -0.25) is 0 Å². The van der Waals surface area contributed by atoms with E-state index in [2.05, 4.69) is 48.6 Å². The van der Waals surface area contributed by atoms with Crippen molar-refractivity contribution >= 4 is 11.6 Å². The lowest BCUT2D eigenvalue weighted by Crippen LogP contribution is -2.17. The van der Waals surface area contributed by atoms with E-state index in [1.54, 1.807) is 0 Å². The molecule has 0 bridgehead atoms. The van der Waals surface area contributed by atoms with Crippen molar-refractivity contribution in [1.82, 2.24) is 5.32 Å². The molecule has 88 valence electrons. The van der Waals surface area contributed by atoms with Crippen LogP contribution < -0.4 is 5.32 Å². The highest BCUT2D eigenvalue weighted by Crippen LogP contribution is 2.16. The second kappa shape index (κ2) is 5.85. The van der Waals surface area contributed by atoms with Gasteiger partial charge in [-0.2, -0.15) is 0 Å². The molecule has 0 saturated carbocycles. The van der Waals surface area contributed by atoms with Crippen molar-refractivity contribution < 1.29 is 0 Å². The van der Waals surface area contributed by atoms with E-state index < -0.39 is 0 Å². The largest absolute Gasteiger partial charge is 0.306 e. The molecule has 2 heteroatoms. The van der Waals surface area contributed by atoms with E-state index in [9.17, 15) is 0 Å². The monoisotopic (exact) mass is 245 g/mol. The summed E-state index contributed by atoms with van der Waals surface area (Å²) >= 11 is 5.87. The van der Waals surface area contributed by atoms with E-state index in [4.69, 9.17) is 11.6 Å². The van der Waals surface area contributed by atoms with Crippen LogP contribution in [-0.4, -0.2) is 0 Å². The molecule has 0 aromatic heterocycles. The Hall–Kier alpha value is -1.31. The molecule has 0 aliphatic rings. The van der Waals surface area contributed by atoms with E-state index in [0.717, 1.165) is 11.6 Å². The topological polar surface area (TPSA) is 12.0 Å². The van der Waals surface area contributed by atoms with Crippen molar-refractivity contribution in [3.8, 4) is 0 Å². The summed E-state index contributed by atoms with van der Waals surface area (Å²) in [5.41, 5.74) is 2.55. The molecule has 2 aromatic rings. The number of hydrogen-bond acceptors (Lipinski definition) is 1. The summed E-state index contributed by atoms with van der Waals surface area (Å²) in [5.74, 6) is 0. The number of rotatable bonds is 4. The van der Waals surface area contributed by atoms with Gasteiger partial charge in [-0.05, 0) is 30.2 Å². The van der Waals surface area contributed by atoms with Crippen LogP contribution >= 0.6 is 11.6 Å². The molecule has 0 heterocycles. The van der Waals surface area contributed by atoms with Crippen molar-refractivity contribution in [2.24, 2.45) is 0 Å². The Balaban J connectivity index is 1.93. The van der Waals surface area contributed by atoms with Gasteiger partial charge in [-0.1, -0.05) is 54.1 Å². The van der Waals surface area contributed by atoms with Crippen LogP contribution in [0.4, 0.5) is 0 Å². The van der Waals surface area contributed by atoms with Gasteiger partial charge >= 0.3 is 0 Å². The summed E-state index contributed by atoms with van der Waals surface area (Å²) in [7, 11) is 0. The highest BCUT2D eigenvalue weighted by molar-refractivity contribution is 6.30. The Labute approximate surface area is 107 Å². The molecule has 1 atom stereocenters. The van der Waals surface area contributed by atoms with Gasteiger partial charge in [0.25, 0.3) is 0 Å². The zero-order chi connectivity index (χ0) is 12.1. The van der Waals surface area contributed by atoms with Crippen LogP contribution in [0.3, 0.4) is 0 Å². The van der Waals surface area contributed by atoms with Crippen molar-refractivity contribution in [3.63, 3.8) is 0 Å². The number of benzene rings is 2. The van der Waals surface area contributed by atoms with Crippen molar-refractivity contribution in [1.29, 1.82) is 0 Å². The van der Waals surface area contributed by atoms with Crippen molar-refractivity contribution in [2.75, 3.05) is 0 Å². The van der Waals surface area contributed by atoms with Crippen molar-refractivity contribution in [2.45, 2.75) is 19.5 Å².